The topological polar surface area (TPSA) is 124 Å². The van der Waals surface area contributed by atoms with Crippen LogP contribution in [0.3, 0.4) is 0 Å². The normalized spacial score (nSPS) is 11.7. The molecule has 0 heterocycles. The highest BCUT2D eigenvalue weighted by Crippen LogP contribution is 2.37. The van der Waals surface area contributed by atoms with E-state index in [-0.39, 0.29) is 34.5 Å². The van der Waals surface area contributed by atoms with E-state index in [1.54, 1.807) is 19.1 Å². The third-order valence-electron chi connectivity index (χ3n) is 6.99. The van der Waals surface area contributed by atoms with E-state index in [2.05, 4.69) is 5.32 Å². The molecule has 3 rings (SSSR count). The molecule has 0 aliphatic carbocycles. The molecule has 0 aliphatic heterocycles. The highest BCUT2D eigenvalue weighted by molar-refractivity contribution is 7.92. The van der Waals surface area contributed by atoms with Crippen LogP contribution in [0.25, 0.3) is 0 Å². The minimum Gasteiger partial charge on any atom is -0.497 e. The Bertz CT molecular complexity index is 1500. The minimum absolute atomic E-state index is 0.0842. The minimum atomic E-state index is -4.41. The summed E-state index contributed by atoms with van der Waals surface area (Å²) in [6, 6.07) is 17.5. The molecule has 0 saturated heterocycles. The van der Waals surface area contributed by atoms with E-state index < -0.39 is 28.5 Å². The number of carbonyl (C=O) groups excluding carboxylic acids is 2. The maximum Gasteiger partial charge on any atom is 0.265 e. The monoisotopic (exact) mass is 613 g/mol. The summed E-state index contributed by atoms with van der Waals surface area (Å²) in [6.07, 6.45) is 0.788. The van der Waals surface area contributed by atoms with E-state index in [1.165, 1.54) is 64.7 Å². The number of benzene rings is 3. The van der Waals surface area contributed by atoms with Crippen LogP contribution in [0.2, 0.25) is 0 Å². The van der Waals surface area contributed by atoms with Crippen molar-refractivity contribution >= 4 is 27.5 Å². The lowest BCUT2D eigenvalue weighted by atomic mass is 10.1. The number of anilines is 1. The number of rotatable bonds is 15. The fraction of sp³-hybridized carbons (Fsp3) is 0.355. The lowest BCUT2D eigenvalue weighted by Crippen LogP contribution is -2.52. The van der Waals surface area contributed by atoms with Gasteiger partial charge in [0.1, 0.15) is 24.1 Å². The fourth-order valence-corrected chi connectivity index (χ4v) is 6.10. The van der Waals surface area contributed by atoms with Crippen molar-refractivity contribution in [2.45, 2.75) is 30.7 Å². The Morgan fingerprint density at radius 2 is 1.49 bits per heavy atom. The molecule has 0 fully saturated rings. The number of nitrogens with one attached hydrogen (secondary N) is 1. The van der Waals surface area contributed by atoms with Gasteiger partial charge in [0, 0.05) is 25.7 Å². The fourth-order valence-electron chi connectivity index (χ4n) is 4.67. The predicted molar refractivity (Wildman–Crippen MR) is 164 cm³/mol. The highest BCUT2D eigenvalue weighted by atomic mass is 32.2. The van der Waals surface area contributed by atoms with E-state index >= 15 is 0 Å². The summed E-state index contributed by atoms with van der Waals surface area (Å²) in [7, 11) is 2.78. The number of nitrogens with zero attached hydrogens (tertiary/aromatic N) is 2. The van der Waals surface area contributed by atoms with Gasteiger partial charge >= 0.3 is 0 Å². The molecule has 0 bridgehead atoms. The van der Waals surface area contributed by atoms with Crippen LogP contribution in [0, 0.1) is 0 Å². The second-order valence-electron chi connectivity index (χ2n) is 9.43. The summed E-state index contributed by atoms with van der Waals surface area (Å²) in [5.74, 6) is 0.173. The van der Waals surface area contributed by atoms with Gasteiger partial charge < -0.3 is 29.2 Å². The Morgan fingerprint density at radius 3 is 2.07 bits per heavy atom. The summed E-state index contributed by atoms with van der Waals surface area (Å²) in [5, 5.41) is 2.62. The van der Waals surface area contributed by atoms with Crippen LogP contribution in [0.5, 0.6) is 23.0 Å². The molecule has 1 N–H and O–H groups in total. The maximum absolute atomic E-state index is 14.3. The molecule has 0 unspecified atom stereocenters. The van der Waals surface area contributed by atoms with Gasteiger partial charge in [-0.05, 0) is 42.7 Å². The number of carbonyl (C=O) groups is 2. The molecule has 0 radical (unpaired) electrons. The van der Waals surface area contributed by atoms with Crippen molar-refractivity contribution in [3.8, 4) is 23.0 Å². The quantitative estimate of drug-likeness (QED) is 0.276. The second-order valence-corrected chi connectivity index (χ2v) is 11.3. The number of hydrogen-bond donors (Lipinski definition) is 1. The third-order valence-corrected chi connectivity index (χ3v) is 8.75. The largest absolute Gasteiger partial charge is 0.497 e. The molecule has 232 valence electrons. The van der Waals surface area contributed by atoms with Gasteiger partial charge in [-0.1, -0.05) is 37.3 Å². The van der Waals surface area contributed by atoms with Crippen LogP contribution >= 0.6 is 0 Å². The zero-order valence-electron chi connectivity index (χ0n) is 25.3. The van der Waals surface area contributed by atoms with Crippen LogP contribution < -0.4 is 28.6 Å². The van der Waals surface area contributed by atoms with Crippen molar-refractivity contribution in [1.82, 2.24) is 10.2 Å². The Balaban J connectivity index is 2.15. The Kier molecular flexibility index (Phi) is 11.6. The Labute approximate surface area is 253 Å². The lowest BCUT2D eigenvalue weighted by molar-refractivity contribution is -0.139. The summed E-state index contributed by atoms with van der Waals surface area (Å²) >= 11 is 0. The summed E-state index contributed by atoms with van der Waals surface area (Å²) in [5.41, 5.74) is 1.05. The Hall–Kier alpha value is -4.45. The maximum atomic E-state index is 14.3. The van der Waals surface area contributed by atoms with Crippen molar-refractivity contribution in [3.05, 3.63) is 72.3 Å². The summed E-state index contributed by atoms with van der Waals surface area (Å²) in [4.78, 5) is 28.3. The van der Waals surface area contributed by atoms with Crippen LogP contribution in [0.1, 0.15) is 18.9 Å². The summed E-state index contributed by atoms with van der Waals surface area (Å²) < 4.78 is 51.1. The molecule has 43 heavy (non-hydrogen) atoms. The molecule has 0 aromatic heterocycles. The van der Waals surface area contributed by atoms with Gasteiger partial charge in [0.05, 0.1) is 39.0 Å². The zero-order valence-corrected chi connectivity index (χ0v) is 26.1. The van der Waals surface area contributed by atoms with Crippen molar-refractivity contribution in [2.24, 2.45) is 0 Å². The number of hydrogen-bond acceptors (Lipinski definition) is 8. The molecule has 3 aromatic rings. The first-order chi connectivity index (χ1) is 20.6. The van der Waals surface area contributed by atoms with Crippen molar-refractivity contribution in [3.63, 3.8) is 0 Å². The number of methoxy groups -OCH3 is 4. The SMILES string of the molecule is CC[C@@H](C(=O)NC)N(CCc1ccccc1)C(=O)CN(c1cc(OC)ccc1OC)S(=O)(=O)c1ccc(OC)c(OC)c1. The zero-order chi connectivity index (χ0) is 31.6. The molecule has 1 atom stereocenters. The lowest BCUT2D eigenvalue weighted by Gasteiger charge is -2.33. The average molecular weight is 614 g/mol. The van der Waals surface area contributed by atoms with Crippen LogP contribution in [-0.4, -0.2) is 79.8 Å². The Morgan fingerprint density at radius 1 is 0.837 bits per heavy atom. The number of likely N-dealkylation sites (N-methyl/N-ethyl adjacent to an activating group) is 1. The molecule has 12 heteroatoms. The smallest absolute Gasteiger partial charge is 0.265 e. The van der Waals surface area contributed by atoms with Gasteiger partial charge in [0.2, 0.25) is 11.8 Å². The van der Waals surface area contributed by atoms with Crippen LogP contribution in [0.4, 0.5) is 5.69 Å². The average Bonchev–Trinajstić information content (AvgIpc) is 3.04. The van der Waals surface area contributed by atoms with E-state index in [1.807, 2.05) is 30.3 Å². The number of ether oxygens (including phenoxy) is 4. The van der Waals surface area contributed by atoms with E-state index in [0.29, 0.717) is 24.3 Å². The third kappa shape index (κ3) is 7.69. The van der Waals surface area contributed by atoms with Crippen molar-refractivity contribution in [1.29, 1.82) is 0 Å². The van der Waals surface area contributed by atoms with E-state index in [0.717, 1.165) is 9.87 Å². The van der Waals surface area contributed by atoms with Crippen LogP contribution in [-0.2, 0) is 26.0 Å². The van der Waals surface area contributed by atoms with Gasteiger partial charge in [0.25, 0.3) is 10.0 Å². The second kappa shape index (κ2) is 15.1. The van der Waals surface area contributed by atoms with Crippen molar-refractivity contribution < 1.29 is 37.0 Å². The van der Waals surface area contributed by atoms with Gasteiger partial charge in [-0.2, -0.15) is 0 Å². The molecule has 0 saturated carbocycles. The van der Waals surface area contributed by atoms with Gasteiger partial charge in [0.15, 0.2) is 11.5 Å². The van der Waals surface area contributed by atoms with E-state index in [9.17, 15) is 18.0 Å². The highest BCUT2D eigenvalue weighted by Gasteiger charge is 2.35. The molecular formula is C31H39N3O8S. The molecule has 11 nitrogen and oxygen atoms in total. The molecule has 0 spiro atoms. The first kappa shape index (κ1) is 33.1. The standard InChI is InChI=1S/C31H39N3O8S/c1-7-25(31(36)32-2)33(18-17-22-11-9-8-10-12-22)30(35)21-34(26-19-23(39-3)13-15-27(26)40-4)43(37,38)24-14-16-28(41-5)29(20-24)42-6/h8-16,19-20,25H,7,17-18,21H2,1-6H3,(H,32,36)/t25-/m0/s1. The molecule has 3 aromatic carbocycles. The van der Waals surface area contributed by atoms with Gasteiger partial charge in [-0.25, -0.2) is 8.42 Å². The van der Waals surface area contributed by atoms with Gasteiger partial charge in [-0.15, -0.1) is 0 Å². The first-order valence-corrected chi connectivity index (χ1v) is 15.1. The summed E-state index contributed by atoms with van der Waals surface area (Å²) in [6.45, 7) is 1.36. The number of sulfonamides is 1. The predicted octanol–water partition coefficient (Wildman–Crippen LogP) is 3.51. The molecular weight excluding hydrogens is 574 g/mol. The number of amides is 2. The first-order valence-electron chi connectivity index (χ1n) is 13.7. The molecule has 0 aliphatic rings. The van der Waals surface area contributed by atoms with Crippen molar-refractivity contribution in [2.75, 3.05) is 52.9 Å². The van der Waals surface area contributed by atoms with E-state index in [4.69, 9.17) is 18.9 Å². The van der Waals surface area contributed by atoms with Gasteiger partial charge in [-0.3, -0.25) is 13.9 Å². The van der Waals surface area contributed by atoms with Crippen LogP contribution in [0.15, 0.2) is 71.6 Å². The molecule has 2 amide bonds.